The number of benzene rings is 2. The third-order valence-electron chi connectivity index (χ3n) is 8.21. The van der Waals surface area contributed by atoms with Gasteiger partial charge in [0.1, 0.15) is 23.7 Å². The Balaban J connectivity index is 1.19. The molecular formula is C29H31ClN8O. The highest BCUT2D eigenvalue weighted by Crippen LogP contribution is 2.37. The number of rotatable bonds is 5. The van der Waals surface area contributed by atoms with Gasteiger partial charge in [0, 0.05) is 36.1 Å². The largest absolute Gasteiger partial charge is 0.383 e. The summed E-state index contributed by atoms with van der Waals surface area (Å²) in [6, 6.07) is 14.9. The Hall–Kier alpha value is -3.53. The van der Waals surface area contributed by atoms with E-state index >= 15 is 0 Å². The number of halogens is 1. The molecule has 1 aliphatic heterocycles. The fourth-order valence-electron chi connectivity index (χ4n) is 6.17. The number of nitrogens with one attached hydrogen (secondary N) is 1. The van der Waals surface area contributed by atoms with Crippen LogP contribution in [-0.2, 0) is 11.2 Å². The Kier molecular flexibility index (Phi) is 6.42. The molecule has 3 N–H and O–H groups in total. The average Bonchev–Trinajstić information content (AvgIpc) is 3.56. The minimum atomic E-state index is 0.282. The third kappa shape index (κ3) is 4.64. The van der Waals surface area contributed by atoms with Crippen LogP contribution in [0, 0.1) is 0 Å². The lowest BCUT2D eigenvalue weighted by atomic mass is 9.90. The van der Waals surface area contributed by atoms with E-state index in [0.717, 1.165) is 102 Å². The Morgan fingerprint density at radius 3 is 2.62 bits per heavy atom. The second-order valence-corrected chi connectivity index (χ2v) is 11.0. The van der Waals surface area contributed by atoms with Crippen molar-refractivity contribution >= 4 is 39.5 Å². The predicted molar refractivity (Wildman–Crippen MR) is 153 cm³/mol. The van der Waals surface area contributed by atoms with Gasteiger partial charge in [-0.25, -0.2) is 19.6 Å². The fraction of sp³-hybridized carbons (Fsp3) is 0.379. The Labute approximate surface area is 231 Å². The van der Waals surface area contributed by atoms with Crippen LogP contribution in [-0.4, -0.2) is 67.0 Å². The maximum atomic E-state index is 6.42. The van der Waals surface area contributed by atoms with Crippen molar-refractivity contribution in [3.05, 3.63) is 65.2 Å². The molecule has 39 heavy (non-hydrogen) atoms. The second kappa shape index (κ2) is 10.2. The van der Waals surface area contributed by atoms with Gasteiger partial charge < -0.3 is 15.5 Å². The minimum absolute atomic E-state index is 0.282. The summed E-state index contributed by atoms with van der Waals surface area (Å²) in [5.74, 6) is 1.32. The van der Waals surface area contributed by atoms with Crippen LogP contribution in [0.25, 0.3) is 33.3 Å². The molecule has 0 spiro atoms. The van der Waals surface area contributed by atoms with Crippen molar-refractivity contribution in [2.75, 3.05) is 32.0 Å². The topological polar surface area (TPSA) is 111 Å². The minimum Gasteiger partial charge on any atom is -0.383 e. The maximum absolute atomic E-state index is 6.42. The van der Waals surface area contributed by atoms with Gasteiger partial charge in [0.05, 0.1) is 35.7 Å². The molecular weight excluding hydrogens is 512 g/mol. The Morgan fingerprint density at radius 2 is 1.79 bits per heavy atom. The fourth-order valence-corrected chi connectivity index (χ4v) is 6.38. The van der Waals surface area contributed by atoms with Gasteiger partial charge in [0.25, 0.3) is 0 Å². The average molecular weight is 543 g/mol. The number of imidazole rings is 1. The summed E-state index contributed by atoms with van der Waals surface area (Å²) < 4.78 is 7.64. The summed E-state index contributed by atoms with van der Waals surface area (Å²) in [6.45, 7) is 3.74. The van der Waals surface area contributed by atoms with E-state index in [1.54, 1.807) is 0 Å². The molecule has 4 heterocycles. The lowest BCUT2D eigenvalue weighted by Crippen LogP contribution is -2.45. The first-order valence-corrected chi connectivity index (χ1v) is 14.0. The molecule has 7 rings (SSSR count). The van der Waals surface area contributed by atoms with Crippen LogP contribution < -0.4 is 5.73 Å². The van der Waals surface area contributed by atoms with Gasteiger partial charge in [-0.1, -0.05) is 35.9 Å². The van der Waals surface area contributed by atoms with E-state index in [-0.39, 0.29) is 6.04 Å². The van der Waals surface area contributed by atoms with Gasteiger partial charge in [-0.05, 0) is 49.4 Å². The smallest absolute Gasteiger partial charge is 0.164 e. The molecule has 0 atom stereocenters. The molecule has 1 saturated carbocycles. The van der Waals surface area contributed by atoms with Crippen molar-refractivity contribution in [2.24, 2.45) is 0 Å². The van der Waals surface area contributed by atoms with Crippen molar-refractivity contribution in [1.29, 1.82) is 0 Å². The summed E-state index contributed by atoms with van der Waals surface area (Å²) >= 11 is 6.38. The molecule has 0 radical (unpaired) electrons. The van der Waals surface area contributed by atoms with Crippen LogP contribution in [0.3, 0.4) is 0 Å². The number of anilines is 1. The van der Waals surface area contributed by atoms with E-state index in [4.69, 9.17) is 32.2 Å². The van der Waals surface area contributed by atoms with Gasteiger partial charge in [-0.15, -0.1) is 0 Å². The Morgan fingerprint density at radius 1 is 1.00 bits per heavy atom. The third-order valence-corrected chi connectivity index (χ3v) is 8.58. The lowest BCUT2D eigenvalue weighted by molar-refractivity contribution is 0.00520. The molecule has 5 aromatic rings. The van der Waals surface area contributed by atoms with Crippen molar-refractivity contribution in [3.63, 3.8) is 0 Å². The van der Waals surface area contributed by atoms with E-state index in [2.05, 4.69) is 36.7 Å². The molecule has 1 aliphatic carbocycles. The van der Waals surface area contributed by atoms with Gasteiger partial charge in [0.15, 0.2) is 5.65 Å². The Bertz CT molecular complexity index is 1630. The lowest BCUT2D eigenvalue weighted by Gasteiger charge is -2.38. The van der Waals surface area contributed by atoms with Crippen LogP contribution in [0.2, 0.25) is 5.02 Å². The number of nitrogens with two attached hydrogens (primary N) is 1. The van der Waals surface area contributed by atoms with Crippen LogP contribution in [0.15, 0.2) is 48.8 Å². The van der Waals surface area contributed by atoms with E-state index in [9.17, 15) is 0 Å². The van der Waals surface area contributed by atoms with Gasteiger partial charge in [-0.2, -0.15) is 5.10 Å². The quantitative estimate of drug-likeness (QED) is 0.321. The highest BCUT2D eigenvalue weighted by Gasteiger charge is 2.30. The van der Waals surface area contributed by atoms with Crippen molar-refractivity contribution in [1.82, 2.24) is 34.6 Å². The molecule has 200 valence electrons. The summed E-state index contributed by atoms with van der Waals surface area (Å²) in [5, 5.41) is 6.67. The van der Waals surface area contributed by atoms with Gasteiger partial charge in [-0.3, -0.25) is 4.90 Å². The number of hydrogen-bond acceptors (Lipinski definition) is 7. The number of aromatic amines is 1. The highest BCUT2D eigenvalue weighted by molar-refractivity contribution is 6.31. The normalized spacial score (nSPS) is 20.6. The first-order chi connectivity index (χ1) is 19.1. The maximum Gasteiger partial charge on any atom is 0.164 e. The summed E-state index contributed by atoms with van der Waals surface area (Å²) in [6.07, 6.45) is 6.59. The van der Waals surface area contributed by atoms with Crippen molar-refractivity contribution in [2.45, 2.75) is 44.2 Å². The number of nitrogen functional groups attached to an aromatic ring is 1. The van der Waals surface area contributed by atoms with Gasteiger partial charge >= 0.3 is 0 Å². The van der Waals surface area contributed by atoms with Crippen molar-refractivity contribution in [3.8, 4) is 11.3 Å². The molecule has 0 amide bonds. The number of hydrogen-bond donors (Lipinski definition) is 2. The van der Waals surface area contributed by atoms with Crippen LogP contribution in [0.5, 0.6) is 0 Å². The SMILES string of the molecule is Nc1ncnc2c1c(-c1ccc3[nH]c(Cc4ccccc4Cl)nc3c1)nn2[C@H]1CC[C@H](N2CCOCC2)CC1. The molecule has 1 saturated heterocycles. The number of H-pyrrole nitrogens is 1. The molecule has 10 heteroatoms. The zero-order valence-electron chi connectivity index (χ0n) is 21.7. The summed E-state index contributed by atoms with van der Waals surface area (Å²) in [4.78, 5) is 19.8. The molecule has 3 aromatic heterocycles. The van der Waals surface area contributed by atoms with E-state index in [1.807, 2.05) is 30.3 Å². The predicted octanol–water partition coefficient (Wildman–Crippen LogP) is 5.01. The number of ether oxygens (including phenoxy) is 1. The van der Waals surface area contributed by atoms with Crippen molar-refractivity contribution < 1.29 is 4.74 Å². The van der Waals surface area contributed by atoms with Crippen LogP contribution in [0.1, 0.15) is 43.1 Å². The number of aromatic nitrogens is 6. The molecule has 2 aliphatic rings. The molecule has 2 aromatic carbocycles. The number of fused-ring (bicyclic) bond motifs is 2. The van der Waals surface area contributed by atoms with Crippen LogP contribution in [0.4, 0.5) is 5.82 Å². The summed E-state index contributed by atoms with van der Waals surface area (Å²) in [7, 11) is 0. The second-order valence-electron chi connectivity index (χ2n) is 10.5. The number of morpholine rings is 1. The zero-order chi connectivity index (χ0) is 26.3. The van der Waals surface area contributed by atoms with Gasteiger partial charge in [0.2, 0.25) is 0 Å². The van der Waals surface area contributed by atoms with Crippen LogP contribution >= 0.6 is 11.6 Å². The molecule has 9 nitrogen and oxygen atoms in total. The first kappa shape index (κ1) is 24.5. The number of nitrogens with zero attached hydrogens (tertiary/aromatic N) is 6. The molecule has 0 unspecified atom stereocenters. The first-order valence-electron chi connectivity index (χ1n) is 13.7. The standard InChI is InChI=1S/C29H31ClN8O/c30-22-4-2-1-3-18(22)16-25-34-23-10-5-19(15-24(23)35-25)27-26-28(31)32-17-33-29(26)38(36-27)21-8-6-20(7-9-21)37-11-13-39-14-12-37/h1-5,10,15,17,20-21H,6-9,11-14,16H2,(H,34,35)(H2,31,32,33)/t20-,21-. The van der Waals surface area contributed by atoms with E-state index < -0.39 is 0 Å². The van der Waals surface area contributed by atoms with E-state index in [0.29, 0.717) is 18.3 Å². The van der Waals surface area contributed by atoms with E-state index in [1.165, 1.54) is 6.33 Å². The zero-order valence-corrected chi connectivity index (χ0v) is 22.4. The molecule has 0 bridgehead atoms. The summed E-state index contributed by atoms with van der Waals surface area (Å²) in [5.41, 5.74) is 11.8. The monoisotopic (exact) mass is 542 g/mol. The highest BCUT2D eigenvalue weighted by atomic mass is 35.5. The molecule has 2 fully saturated rings.